The third kappa shape index (κ3) is 6.77. The molecule has 0 fully saturated rings. The van der Waals surface area contributed by atoms with Gasteiger partial charge in [-0.2, -0.15) is 5.26 Å². The molecule has 1 aromatic rings. The molecule has 0 atom stereocenters. The van der Waals surface area contributed by atoms with Crippen LogP contribution in [0.25, 0.3) is 0 Å². The van der Waals surface area contributed by atoms with Crippen molar-refractivity contribution in [3.63, 3.8) is 0 Å². The van der Waals surface area contributed by atoms with Crippen LogP contribution < -0.4 is 16.4 Å². The van der Waals surface area contributed by atoms with E-state index in [2.05, 4.69) is 10.6 Å². The number of nitriles is 1. The van der Waals surface area contributed by atoms with Gasteiger partial charge in [-0.15, -0.1) is 0 Å². The lowest BCUT2D eigenvalue weighted by Gasteiger charge is -2.07. The van der Waals surface area contributed by atoms with Gasteiger partial charge in [0.05, 0.1) is 6.10 Å². The first-order chi connectivity index (χ1) is 10.5. The van der Waals surface area contributed by atoms with Crippen molar-refractivity contribution >= 4 is 17.3 Å². The van der Waals surface area contributed by atoms with Crippen molar-refractivity contribution in [3.05, 3.63) is 36.0 Å². The normalized spacial score (nSPS) is 11.1. The molecule has 118 valence electrons. The summed E-state index contributed by atoms with van der Waals surface area (Å²) in [6.07, 6.45) is 2.42. The summed E-state index contributed by atoms with van der Waals surface area (Å²) in [7, 11) is 0. The van der Waals surface area contributed by atoms with E-state index in [9.17, 15) is 4.79 Å². The monoisotopic (exact) mass is 302 g/mol. The van der Waals surface area contributed by atoms with Gasteiger partial charge in [0.2, 0.25) is 0 Å². The van der Waals surface area contributed by atoms with E-state index >= 15 is 0 Å². The summed E-state index contributed by atoms with van der Waals surface area (Å²) in [4.78, 5) is 11.9. The van der Waals surface area contributed by atoms with E-state index in [1.807, 2.05) is 19.9 Å². The van der Waals surface area contributed by atoms with Crippen LogP contribution >= 0.6 is 0 Å². The quantitative estimate of drug-likeness (QED) is 0.295. The van der Waals surface area contributed by atoms with E-state index in [0.29, 0.717) is 24.5 Å². The van der Waals surface area contributed by atoms with Crippen LogP contribution in [0.1, 0.15) is 20.3 Å². The van der Waals surface area contributed by atoms with Gasteiger partial charge in [-0.05, 0) is 44.5 Å². The van der Waals surface area contributed by atoms with Crippen molar-refractivity contribution in [2.75, 3.05) is 24.2 Å². The second-order valence-electron chi connectivity index (χ2n) is 4.97. The number of ether oxygens (including phenoxy) is 1. The molecule has 22 heavy (non-hydrogen) atoms. The standard InChI is InChI=1S/C16H22N4O2/c1-12(2)22-9-3-8-19-11-13(10-17)16(21)20-15-6-4-14(18)5-7-15/h4-7,11-12,19H,3,8-9,18H2,1-2H3,(H,20,21)/b13-11-. The van der Waals surface area contributed by atoms with Gasteiger partial charge < -0.3 is 21.1 Å². The molecule has 0 aliphatic rings. The zero-order chi connectivity index (χ0) is 16.4. The zero-order valence-corrected chi connectivity index (χ0v) is 12.9. The number of nitrogen functional groups attached to an aromatic ring is 1. The first kappa shape index (κ1) is 17.5. The van der Waals surface area contributed by atoms with Crippen molar-refractivity contribution < 1.29 is 9.53 Å². The van der Waals surface area contributed by atoms with E-state index in [1.54, 1.807) is 24.3 Å². The minimum atomic E-state index is -0.460. The molecular weight excluding hydrogens is 280 g/mol. The van der Waals surface area contributed by atoms with Crippen LogP contribution in [0.2, 0.25) is 0 Å². The number of nitrogens with two attached hydrogens (primary N) is 1. The van der Waals surface area contributed by atoms with E-state index in [4.69, 9.17) is 15.7 Å². The summed E-state index contributed by atoms with van der Waals surface area (Å²) in [5.41, 5.74) is 6.79. The molecule has 0 radical (unpaired) electrons. The third-order valence-corrected chi connectivity index (χ3v) is 2.70. The largest absolute Gasteiger partial charge is 0.399 e. The number of amides is 1. The minimum Gasteiger partial charge on any atom is -0.399 e. The first-order valence-corrected chi connectivity index (χ1v) is 7.15. The molecule has 0 saturated heterocycles. The summed E-state index contributed by atoms with van der Waals surface area (Å²) in [6, 6.07) is 8.59. The van der Waals surface area contributed by atoms with E-state index in [0.717, 1.165) is 6.42 Å². The van der Waals surface area contributed by atoms with Crippen LogP contribution in [0.3, 0.4) is 0 Å². The molecule has 0 saturated carbocycles. The van der Waals surface area contributed by atoms with Crippen molar-refractivity contribution in [2.24, 2.45) is 0 Å². The highest BCUT2D eigenvalue weighted by atomic mass is 16.5. The minimum absolute atomic E-state index is 0.0154. The molecule has 0 heterocycles. The van der Waals surface area contributed by atoms with Crippen LogP contribution in [0.4, 0.5) is 11.4 Å². The Bertz CT molecular complexity index is 544. The Kier molecular flexibility index (Phi) is 7.51. The Morgan fingerprint density at radius 1 is 1.41 bits per heavy atom. The smallest absolute Gasteiger partial charge is 0.267 e. The Morgan fingerprint density at radius 3 is 2.68 bits per heavy atom. The van der Waals surface area contributed by atoms with Gasteiger partial charge in [0.1, 0.15) is 11.6 Å². The number of nitrogens with one attached hydrogen (secondary N) is 2. The van der Waals surface area contributed by atoms with Gasteiger partial charge >= 0.3 is 0 Å². The number of benzene rings is 1. The highest BCUT2D eigenvalue weighted by Crippen LogP contribution is 2.11. The molecule has 0 unspecified atom stereocenters. The number of carbonyl (C=O) groups is 1. The van der Waals surface area contributed by atoms with Crippen molar-refractivity contribution in [2.45, 2.75) is 26.4 Å². The third-order valence-electron chi connectivity index (χ3n) is 2.70. The highest BCUT2D eigenvalue weighted by molar-refractivity contribution is 6.06. The van der Waals surface area contributed by atoms with E-state index in [1.165, 1.54) is 6.20 Å². The molecule has 4 N–H and O–H groups in total. The van der Waals surface area contributed by atoms with Crippen molar-refractivity contribution in [3.8, 4) is 6.07 Å². The lowest BCUT2D eigenvalue weighted by atomic mass is 10.2. The predicted molar refractivity (Wildman–Crippen MR) is 86.9 cm³/mol. The maximum absolute atomic E-state index is 11.9. The van der Waals surface area contributed by atoms with Crippen LogP contribution in [-0.4, -0.2) is 25.2 Å². The summed E-state index contributed by atoms with van der Waals surface area (Å²) >= 11 is 0. The molecule has 0 aliphatic carbocycles. The predicted octanol–water partition coefficient (Wildman–Crippen LogP) is 2.02. The number of anilines is 2. The van der Waals surface area contributed by atoms with Crippen LogP contribution in [0.5, 0.6) is 0 Å². The molecule has 0 bridgehead atoms. The topological polar surface area (TPSA) is 100 Å². The van der Waals surface area contributed by atoms with Crippen LogP contribution in [0, 0.1) is 11.3 Å². The maximum atomic E-state index is 11.9. The van der Waals surface area contributed by atoms with Gasteiger partial charge in [0.25, 0.3) is 5.91 Å². The lowest BCUT2D eigenvalue weighted by Crippen LogP contribution is -2.18. The fourth-order valence-corrected chi connectivity index (χ4v) is 1.58. The molecule has 1 amide bonds. The molecule has 0 aliphatic heterocycles. The summed E-state index contributed by atoms with van der Waals surface area (Å²) in [6.45, 7) is 5.22. The Morgan fingerprint density at radius 2 is 2.09 bits per heavy atom. The Labute approximate surface area is 130 Å². The fourth-order valence-electron chi connectivity index (χ4n) is 1.58. The first-order valence-electron chi connectivity index (χ1n) is 7.15. The van der Waals surface area contributed by atoms with E-state index < -0.39 is 5.91 Å². The maximum Gasteiger partial charge on any atom is 0.267 e. The van der Waals surface area contributed by atoms with Crippen LogP contribution in [0.15, 0.2) is 36.0 Å². The Balaban J connectivity index is 2.42. The number of hydrogen-bond donors (Lipinski definition) is 3. The molecule has 1 aromatic carbocycles. The molecule has 0 aromatic heterocycles. The van der Waals surface area contributed by atoms with Gasteiger partial charge in [-0.3, -0.25) is 4.79 Å². The fraction of sp³-hybridized carbons (Fsp3) is 0.375. The summed E-state index contributed by atoms with van der Waals surface area (Å²) in [5, 5.41) is 14.6. The van der Waals surface area contributed by atoms with Gasteiger partial charge in [0.15, 0.2) is 0 Å². The zero-order valence-electron chi connectivity index (χ0n) is 12.9. The number of carbonyl (C=O) groups excluding carboxylic acids is 1. The average Bonchev–Trinajstić information content (AvgIpc) is 2.48. The van der Waals surface area contributed by atoms with Crippen LogP contribution in [-0.2, 0) is 9.53 Å². The molecule has 6 nitrogen and oxygen atoms in total. The molecule has 1 rings (SSSR count). The average molecular weight is 302 g/mol. The number of hydrogen-bond acceptors (Lipinski definition) is 5. The van der Waals surface area contributed by atoms with Crippen molar-refractivity contribution in [1.82, 2.24) is 5.32 Å². The molecule has 0 spiro atoms. The highest BCUT2D eigenvalue weighted by Gasteiger charge is 2.08. The second-order valence-corrected chi connectivity index (χ2v) is 4.97. The Hall–Kier alpha value is -2.52. The molecule has 6 heteroatoms. The lowest BCUT2D eigenvalue weighted by molar-refractivity contribution is -0.112. The van der Waals surface area contributed by atoms with Crippen molar-refractivity contribution in [1.29, 1.82) is 5.26 Å². The van der Waals surface area contributed by atoms with Gasteiger partial charge in [0, 0.05) is 30.7 Å². The summed E-state index contributed by atoms with van der Waals surface area (Å²) in [5.74, 6) is -0.460. The summed E-state index contributed by atoms with van der Waals surface area (Å²) < 4.78 is 5.40. The molecular formula is C16H22N4O2. The SMILES string of the molecule is CC(C)OCCCN/C=C(/C#N)C(=O)Nc1ccc(N)cc1. The van der Waals surface area contributed by atoms with Gasteiger partial charge in [-0.1, -0.05) is 0 Å². The number of rotatable bonds is 8. The van der Waals surface area contributed by atoms with Gasteiger partial charge in [-0.25, -0.2) is 0 Å². The second kappa shape index (κ2) is 9.42. The number of nitrogens with zero attached hydrogens (tertiary/aromatic N) is 1. The van der Waals surface area contributed by atoms with E-state index in [-0.39, 0.29) is 11.7 Å².